The zero-order valence-electron chi connectivity index (χ0n) is 20.5. The molecule has 5 heteroatoms. The molecule has 4 rings (SSSR count). The molecule has 0 saturated heterocycles. The number of hydrogen-bond acceptors (Lipinski definition) is 4. The molecule has 2 aromatic carbocycles. The molecule has 1 N–H and O–H groups in total. The fourth-order valence-corrected chi connectivity index (χ4v) is 4.04. The molecule has 1 aliphatic carbocycles. The molecule has 5 nitrogen and oxygen atoms in total. The number of benzene rings is 2. The van der Waals surface area contributed by atoms with Gasteiger partial charge in [0.1, 0.15) is 11.5 Å². The minimum absolute atomic E-state index is 0.111. The van der Waals surface area contributed by atoms with E-state index >= 15 is 0 Å². The number of furan rings is 1. The molecule has 1 saturated carbocycles. The third-order valence-electron chi connectivity index (χ3n) is 5.96. The molecule has 0 atom stereocenters. The van der Waals surface area contributed by atoms with E-state index in [1.807, 2.05) is 62.4 Å². The van der Waals surface area contributed by atoms with Gasteiger partial charge in [-0.3, -0.25) is 4.79 Å². The van der Waals surface area contributed by atoms with E-state index < -0.39 is 12.5 Å². The molecule has 32 heavy (non-hydrogen) atoms. The van der Waals surface area contributed by atoms with Gasteiger partial charge in [0, 0.05) is 29.4 Å². The van der Waals surface area contributed by atoms with Crippen LogP contribution in [-0.2, 0) is 11.3 Å². The van der Waals surface area contributed by atoms with E-state index in [0.29, 0.717) is 36.7 Å². The standard InChI is InChI=1S/C27H31NO4/c1-19(2)28(24-11-9-21(10-12-24)25-8-5-14-31-25)18-22-6-3-4-7-26(22)32-15-13-20-16-23(17-20)27(29)30/h3-12,14,19-20,23H,13,15-18H2,1-2H3,(H,29,30)/i18D2. The van der Waals surface area contributed by atoms with E-state index in [1.165, 1.54) is 0 Å². The quantitative estimate of drug-likeness (QED) is 0.408. The predicted octanol–water partition coefficient (Wildman–Crippen LogP) is 6.24. The van der Waals surface area contributed by atoms with Crippen LogP contribution in [0.3, 0.4) is 0 Å². The van der Waals surface area contributed by atoms with Crippen molar-refractivity contribution in [3.05, 3.63) is 72.5 Å². The number of carbonyl (C=O) groups is 1. The van der Waals surface area contributed by atoms with E-state index in [4.69, 9.17) is 17.0 Å². The highest BCUT2D eigenvalue weighted by molar-refractivity contribution is 5.71. The van der Waals surface area contributed by atoms with Crippen LogP contribution in [0.4, 0.5) is 5.69 Å². The summed E-state index contributed by atoms with van der Waals surface area (Å²) in [4.78, 5) is 12.8. The number of anilines is 1. The van der Waals surface area contributed by atoms with Crippen LogP contribution in [0.2, 0.25) is 0 Å². The maximum atomic E-state index is 11.0. The van der Waals surface area contributed by atoms with Crippen molar-refractivity contribution in [1.29, 1.82) is 0 Å². The summed E-state index contributed by atoms with van der Waals surface area (Å²) in [6, 6.07) is 18.6. The Morgan fingerprint density at radius 3 is 2.56 bits per heavy atom. The molecule has 1 heterocycles. The van der Waals surface area contributed by atoms with E-state index in [1.54, 1.807) is 23.3 Å². The Morgan fingerprint density at radius 2 is 1.91 bits per heavy atom. The maximum Gasteiger partial charge on any atom is 0.306 e. The highest BCUT2D eigenvalue weighted by atomic mass is 16.5. The monoisotopic (exact) mass is 435 g/mol. The fraction of sp³-hybridized carbons (Fsp3) is 0.370. The second-order valence-corrected chi connectivity index (χ2v) is 8.61. The van der Waals surface area contributed by atoms with Crippen molar-refractivity contribution in [3.63, 3.8) is 0 Å². The molecule has 3 aromatic rings. The lowest BCUT2D eigenvalue weighted by molar-refractivity contribution is -0.146. The number of rotatable bonds is 10. The highest BCUT2D eigenvalue weighted by Gasteiger charge is 2.33. The summed E-state index contributed by atoms with van der Waals surface area (Å²) in [6.45, 7) is 2.56. The van der Waals surface area contributed by atoms with Crippen molar-refractivity contribution in [2.45, 2.75) is 45.6 Å². The minimum atomic E-state index is -1.82. The Hall–Kier alpha value is -3.21. The van der Waals surface area contributed by atoms with E-state index in [9.17, 15) is 4.79 Å². The second-order valence-electron chi connectivity index (χ2n) is 8.61. The van der Waals surface area contributed by atoms with Gasteiger partial charge >= 0.3 is 5.97 Å². The molecule has 1 aromatic heterocycles. The number of nitrogens with zero attached hydrogens (tertiary/aromatic N) is 1. The lowest BCUT2D eigenvalue weighted by Crippen LogP contribution is -2.31. The third kappa shape index (κ3) is 5.16. The SMILES string of the molecule is [2H]C([2H])(c1ccccc1OCCC1CC(C(=O)O)C1)N(c1ccc(-c2ccco2)cc1)C(C)C. The van der Waals surface area contributed by atoms with Crippen molar-refractivity contribution in [2.75, 3.05) is 11.5 Å². The van der Waals surface area contributed by atoms with Gasteiger partial charge < -0.3 is 19.2 Å². The first-order chi connectivity index (χ1) is 16.3. The van der Waals surface area contributed by atoms with Gasteiger partial charge in [-0.1, -0.05) is 18.2 Å². The van der Waals surface area contributed by atoms with Gasteiger partial charge in [0.25, 0.3) is 0 Å². The van der Waals surface area contributed by atoms with Gasteiger partial charge in [-0.2, -0.15) is 0 Å². The molecule has 0 bridgehead atoms. The molecule has 0 aliphatic heterocycles. The van der Waals surface area contributed by atoms with Crippen LogP contribution in [0, 0.1) is 11.8 Å². The summed E-state index contributed by atoms with van der Waals surface area (Å²) >= 11 is 0. The fourth-order valence-electron chi connectivity index (χ4n) is 4.04. The number of aliphatic carboxylic acids is 1. The second kappa shape index (κ2) is 9.94. The van der Waals surface area contributed by atoms with Crippen LogP contribution >= 0.6 is 0 Å². The minimum Gasteiger partial charge on any atom is -0.493 e. The number of carboxylic acid groups (broad SMARTS) is 1. The predicted molar refractivity (Wildman–Crippen MR) is 126 cm³/mol. The third-order valence-corrected chi connectivity index (χ3v) is 5.96. The summed E-state index contributed by atoms with van der Waals surface area (Å²) in [7, 11) is 0. The molecule has 0 spiro atoms. The van der Waals surface area contributed by atoms with Crippen molar-refractivity contribution in [2.24, 2.45) is 11.8 Å². The van der Waals surface area contributed by atoms with Crippen LogP contribution in [0.5, 0.6) is 5.75 Å². The van der Waals surface area contributed by atoms with Gasteiger partial charge in [-0.05, 0) is 81.5 Å². The van der Waals surface area contributed by atoms with Crippen LogP contribution < -0.4 is 9.64 Å². The summed E-state index contributed by atoms with van der Waals surface area (Å²) in [5.74, 6) is 0.682. The first kappa shape index (κ1) is 19.5. The van der Waals surface area contributed by atoms with Crippen molar-refractivity contribution < 1.29 is 21.8 Å². The number of carboxylic acids is 1. The highest BCUT2D eigenvalue weighted by Crippen LogP contribution is 2.36. The first-order valence-corrected chi connectivity index (χ1v) is 11.2. The van der Waals surface area contributed by atoms with Gasteiger partial charge in [0.05, 0.1) is 21.5 Å². The average Bonchev–Trinajstić information content (AvgIpc) is 3.30. The number of para-hydroxylation sites is 1. The summed E-state index contributed by atoms with van der Waals surface area (Å²) in [5, 5.41) is 9.05. The maximum absolute atomic E-state index is 11.0. The normalized spacial score (nSPS) is 19.1. The smallest absolute Gasteiger partial charge is 0.306 e. The van der Waals surface area contributed by atoms with Gasteiger partial charge in [-0.15, -0.1) is 0 Å². The van der Waals surface area contributed by atoms with Crippen molar-refractivity contribution in [1.82, 2.24) is 0 Å². The Kier molecular flexibility index (Phi) is 6.05. The van der Waals surface area contributed by atoms with Crippen LogP contribution in [0.15, 0.2) is 71.3 Å². The van der Waals surface area contributed by atoms with E-state index in [-0.39, 0.29) is 12.0 Å². The van der Waals surface area contributed by atoms with Gasteiger partial charge in [0.15, 0.2) is 0 Å². The summed E-state index contributed by atoms with van der Waals surface area (Å²) in [6.07, 6.45) is 3.78. The van der Waals surface area contributed by atoms with Gasteiger partial charge in [-0.25, -0.2) is 0 Å². The summed E-state index contributed by atoms with van der Waals surface area (Å²) in [5.41, 5.74) is 2.16. The van der Waals surface area contributed by atoms with Crippen LogP contribution in [0.1, 0.15) is 41.4 Å². The molecule has 168 valence electrons. The van der Waals surface area contributed by atoms with Crippen molar-refractivity contribution >= 4 is 11.7 Å². The van der Waals surface area contributed by atoms with Crippen LogP contribution in [0.25, 0.3) is 11.3 Å². The molecule has 1 fully saturated rings. The Morgan fingerprint density at radius 1 is 1.16 bits per heavy atom. The topological polar surface area (TPSA) is 62.9 Å². The molecule has 0 unspecified atom stereocenters. The molecule has 0 amide bonds. The molecule has 0 radical (unpaired) electrons. The molecular weight excluding hydrogens is 402 g/mol. The van der Waals surface area contributed by atoms with Gasteiger partial charge in [0.2, 0.25) is 0 Å². The van der Waals surface area contributed by atoms with E-state index in [2.05, 4.69) is 0 Å². The first-order valence-electron chi connectivity index (χ1n) is 12.2. The average molecular weight is 436 g/mol. The zero-order valence-corrected chi connectivity index (χ0v) is 18.5. The summed E-state index contributed by atoms with van der Waals surface area (Å²) < 4.78 is 29.7. The Bertz CT molecular complexity index is 1090. The lowest BCUT2D eigenvalue weighted by atomic mass is 9.73. The van der Waals surface area contributed by atoms with E-state index in [0.717, 1.165) is 23.4 Å². The Balaban J connectivity index is 1.50. The zero-order chi connectivity index (χ0) is 24.3. The number of ether oxygens (including phenoxy) is 1. The number of hydrogen-bond donors (Lipinski definition) is 1. The lowest BCUT2D eigenvalue weighted by Gasteiger charge is -2.32. The molecular formula is C27H31NO4. The van der Waals surface area contributed by atoms with Crippen LogP contribution in [-0.4, -0.2) is 23.7 Å². The molecule has 1 aliphatic rings. The van der Waals surface area contributed by atoms with Crippen molar-refractivity contribution in [3.8, 4) is 17.1 Å². The largest absolute Gasteiger partial charge is 0.493 e. The Labute approximate surface area is 192 Å².